The monoisotopic (exact) mass is 340 g/mol. The Bertz CT molecular complexity index is 510. The van der Waals surface area contributed by atoms with Crippen LogP contribution in [0.1, 0.15) is 39.8 Å². The molecule has 0 bridgehead atoms. The van der Waals surface area contributed by atoms with Gasteiger partial charge in [-0.2, -0.15) is 0 Å². The summed E-state index contributed by atoms with van der Waals surface area (Å²) in [6, 6.07) is -0.483. The van der Waals surface area contributed by atoms with Crippen LogP contribution < -0.4 is 11.1 Å². The smallest absolute Gasteiger partial charge is 0.243 e. The quantitative estimate of drug-likeness (QED) is 0.828. The van der Waals surface area contributed by atoms with Gasteiger partial charge >= 0.3 is 0 Å². The highest BCUT2D eigenvalue weighted by Gasteiger charge is 2.23. The van der Waals surface area contributed by atoms with Crippen LogP contribution in [0.25, 0.3) is 0 Å². The standard InChI is InChI=1S/C16H28N4O2S/c1-10(2)5-14(17)15(21)19-16-18-13(9-23-16)8-20-6-11(3)22-12(4)7-20/h9-12,14H,5-8,17H2,1-4H3,(H,18,19,21)/t11?,12?,14-/m0/s1. The van der Waals surface area contributed by atoms with Crippen molar-refractivity contribution in [3.8, 4) is 0 Å². The summed E-state index contributed by atoms with van der Waals surface area (Å²) in [6.45, 7) is 10.9. The molecule has 0 aromatic carbocycles. The van der Waals surface area contributed by atoms with E-state index in [1.807, 2.05) is 5.38 Å². The third-order valence-corrected chi connectivity index (χ3v) is 4.53. The number of nitrogens with zero attached hydrogens (tertiary/aromatic N) is 2. The molecule has 2 unspecified atom stereocenters. The van der Waals surface area contributed by atoms with Gasteiger partial charge in [0, 0.05) is 25.0 Å². The summed E-state index contributed by atoms with van der Waals surface area (Å²) in [5.41, 5.74) is 6.87. The van der Waals surface area contributed by atoms with Crippen LogP contribution in [0.3, 0.4) is 0 Å². The molecule has 1 aromatic heterocycles. The maximum Gasteiger partial charge on any atom is 0.243 e. The molecule has 0 radical (unpaired) electrons. The van der Waals surface area contributed by atoms with Gasteiger partial charge in [-0.1, -0.05) is 13.8 Å². The number of anilines is 1. The lowest BCUT2D eigenvalue weighted by Gasteiger charge is -2.34. The fourth-order valence-electron chi connectivity index (χ4n) is 2.89. The van der Waals surface area contributed by atoms with Gasteiger partial charge in [-0.25, -0.2) is 4.98 Å². The Kier molecular flexibility index (Phi) is 6.52. The van der Waals surface area contributed by atoms with Crippen LogP contribution in [-0.4, -0.2) is 47.1 Å². The number of morpholine rings is 1. The minimum absolute atomic E-state index is 0.159. The van der Waals surface area contributed by atoms with Crippen molar-refractivity contribution >= 4 is 22.4 Å². The van der Waals surface area contributed by atoms with Crippen LogP contribution >= 0.6 is 11.3 Å². The van der Waals surface area contributed by atoms with E-state index in [-0.39, 0.29) is 18.1 Å². The molecule has 1 fully saturated rings. The van der Waals surface area contributed by atoms with Crippen molar-refractivity contribution < 1.29 is 9.53 Å². The second kappa shape index (κ2) is 8.19. The van der Waals surface area contributed by atoms with E-state index in [4.69, 9.17) is 10.5 Å². The predicted molar refractivity (Wildman–Crippen MR) is 93.5 cm³/mol. The molecule has 130 valence electrons. The molecular weight excluding hydrogens is 312 g/mol. The van der Waals surface area contributed by atoms with Crippen LogP contribution in [0, 0.1) is 5.92 Å². The summed E-state index contributed by atoms with van der Waals surface area (Å²) in [6.07, 6.45) is 1.16. The first-order valence-electron chi connectivity index (χ1n) is 8.22. The van der Waals surface area contributed by atoms with Crippen LogP contribution in [-0.2, 0) is 16.1 Å². The van der Waals surface area contributed by atoms with Crippen molar-refractivity contribution in [3.63, 3.8) is 0 Å². The normalized spacial score (nSPS) is 23.9. The van der Waals surface area contributed by atoms with Crippen molar-refractivity contribution in [1.82, 2.24) is 9.88 Å². The molecular formula is C16H28N4O2S. The Balaban J connectivity index is 1.87. The Labute approximate surface area is 142 Å². The molecule has 6 nitrogen and oxygen atoms in total. The Morgan fingerprint density at radius 3 is 2.74 bits per heavy atom. The lowest BCUT2D eigenvalue weighted by Crippen LogP contribution is -2.44. The molecule has 0 spiro atoms. The predicted octanol–water partition coefficient (Wildman–Crippen LogP) is 2.06. The molecule has 1 saturated heterocycles. The Morgan fingerprint density at radius 2 is 2.13 bits per heavy atom. The zero-order chi connectivity index (χ0) is 17.0. The van der Waals surface area contributed by atoms with E-state index < -0.39 is 6.04 Å². The fourth-order valence-corrected chi connectivity index (χ4v) is 3.60. The highest BCUT2D eigenvalue weighted by Crippen LogP contribution is 2.19. The maximum absolute atomic E-state index is 12.0. The van der Waals surface area contributed by atoms with Gasteiger partial charge in [0.15, 0.2) is 5.13 Å². The number of carbonyl (C=O) groups excluding carboxylic acids is 1. The van der Waals surface area contributed by atoms with Crippen molar-refractivity contribution in [2.75, 3.05) is 18.4 Å². The lowest BCUT2D eigenvalue weighted by atomic mass is 10.0. The number of hydrogen-bond donors (Lipinski definition) is 2. The largest absolute Gasteiger partial charge is 0.373 e. The van der Waals surface area contributed by atoms with E-state index in [1.165, 1.54) is 11.3 Å². The molecule has 23 heavy (non-hydrogen) atoms. The van der Waals surface area contributed by atoms with Crippen LogP contribution in [0.2, 0.25) is 0 Å². The first kappa shape index (κ1) is 18.3. The lowest BCUT2D eigenvalue weighted by molar-refractivity contribution is -0.117. The first-order valence-corrected chi connectivity index (χ1v) is 9.10. The molecule has 1 aromatic rings. The number of nitrogens with two attached hydrogens (primary N) is 1. The van der Waals surface area contributed by atoms with E-state index in [2.05, 4.69) is 42.9 Å². The summed E-state index contributed by atoms with van der Waals surface area (Å²) in [4.78, 5) is 18.9. The third-order valence-electron chi connectivity index (χ3n) is 3.72. The SMILES string of the molecule is CC(C)C[C@H](N)C(=O)Nc1nc(CN2CC(C)OC(C)C2)cs1. The third kappa shape index (κ3) is 5.84. The minimum Gasteiger partial charge on any atom is -0.373 e. The zero-order valence-electron chi connectivity index (χ0n) is 14.4. The summed E-state index contributed by atoms with van der Waals surface area (Å²) >= 11 is 1.45. The topological polar surface area (TPSA) is 80.5 Å². The van der Waals surface area contributed by atoms with E-state index in [0.717, 1.165) is 25.3 Å². The molecule has 0 saturated carbocycles. The average molecular weight is 340 g/mol. The highest BCUT2D eigenvalue weighted by molar-refractivity contribution is 7.13. The van der Waals surface area contributed by atoms with Gasteiger partial charge in [0.2, 0.25) is 5.91 Å². The van der Waals surface area contributed by atoms with Gasteiger partial charge in [0.1, 0.15) is 0 Å². The molecule has 3 N–H and O–H groups in total. The van der Waals surface area contributed by atoms with Crippen molar-refractivity contribution in [3.05, 3.63) is 11.1 Å². The van der Waals surface area contributed by atoms with Gasteiger partial charge in [-0.3, -0.25) is 9.69 Å². The molecule has 7 heteroatoms. The second-order valence-electron chi connectivity index (χ2n) is 6.82. The summed E-state index contributed by atoms with van der Waals surface area (Å²) in [7, 11) is 0. The number of nitrogens with one attached hydrogen (secondary N) is 1. The van der Waals surface area contributed by atoms with Crippen molar-refractivity contribution in [2.24, 2.45) is 11.7 Å². The molecule has 0 aliphatic carbocycles. The maximum atomic E-state index is 12.0. The summed E-state index contributed by atoms with van der Waals surface area (Å²) < 4.78 is 5.74. The molecule has 1 aliphatic heterocycles. The number of aromatic nitrogens is 1. The molecule has 3 atom stereocenters. The van der Waals surface area contributed by atoms with Crippen LogP contribution in [0.4, 0.5) is 5.13 Å². The first-order chi connectivity index (χ1) is 10.8. The van der Waals surface area contributed by atoms with Gasteiger partial charge in [-0.05, 0) is 26.2 Å². The second-order valence-corrected chi connectivity index (χ2v) is 7.68. The fraction of sp³-hybridized carbons (Fsp3) is 0.750. The van der Waals surface area contributed by atoms with Crippen LogP contribution in [0.15, 0.2) is 5.38 Å². The summed E-state index contributed by atoms with van der Waals surface area (Å²) in [5, 5.41) is 5.44. The zero-order valence-corrected chi connectivity index (χ0v) is 15.2. The number of hydrogen-bond acceptors (Lipinski definition) is 6. The molecule has 2 heterocycles. The molecule has 1 amide bonds. The van der Waals surface area contributed by atoms with Gasteiger partial charge < -0.3 is 15.8 Å². The van der Waals surface area contributed by atoms with E-state index in [9.17, 15) is 4.79 Å². The number of carbonyl (C=O) groups is 1. The van der Waals surface area contributed by atoms with E-state index in [1.54, 1.807) is 0 Å². The minimum atomic E-state index is -0.483. The van der Waals surface area contributed by atoms with E-state index in [0.29, 0.717) is 17.5 Å². The molecule has 2 rings (SSSR count). The van der Waals surface area contributed by atoms with E-state index >= 15 is 0 Å². The van der Waals surface area contributed by atoms with Crippen molar-refractivity contribution in [2.45, 2.75) is 58.9 Å². The van der Waals surface area contributed by atoms with Gasteiger partial charge in [0.25, 0.3) is 0 Å². The van der Waals surface area contributed by atoms with Gasteiger partial charge in [0.05, 0.1) is 23.9 Å². The molecule has 1 aliphatic rings. The number of rotatable bonds is 6. The number of thiazole rings is 1. The van der Waals surface area contributed by atoms with Crippen LogP contribution in [0.5, 0.6) is 0 Å². The van der Waals surface area contributed by atoms with Crippen molar-refractivity contribution in [1.29, 1.82) is 0 Å². The average Bonchev–Trinajstić information content (AvgIpc) is 2.83. The number of ether oxygens (including phenoxy) is 1. The summed E-state index contributed by atoms with van der Waals surface area (Å²) in [5.74, 6) is 0.237. The Hall–Kier alpha value is -1.02. The highest BCUT2D eigenvalue weighted by atomic mass is 32.1. The van der Waals surface area contributed by atoms with Gasteiger partial charge in [-0.15, -0.1) is 11.3 Å². The number of amides is 1. The Morgan fingerprint density at radius 1 is 1.48 bits per heavy atom.